The molecule has 25 heteroatoms. The van der Waals surface area contributed by atoms with E-state index in [4.69, 9.17) is 10.9 Å². The van der Waals surface area contributed by atoms with Gasteiger partial charge < -0.3 is 58.5 Å². The second-order valence-corrected chi connectivity index (χ2v) is 16.7. The lowest BCUT2D eigenvalue weighted by molar-refractivity contribution is -0.142. The first-order valence-corrected chi connectivity index (χ1v) is 21.4. The zero-order chi connectivity index (χ0) is 46.4. The van der Waals surface area contributed by atoms with E-state index in [-0.39, 0.29) is 42.8 Å². The summed E-state index contributed by atoms with van der Waals surface area (Å²) >= 11 is 1.81. The van der Waals surface area contributed by atoms with Crippen LogP contribution in [0.5, 0.6) is 0 Å². The van der Waals surface area contributed by atoms with Gasteiger partial charge in [0.05, 0.1) is 31.6 Å². The van der Waals surface area contributed by atoms with Gasteiger partial charge in [-0.2, -0.15) is 11.8 Å². The van der Waals surface area contributed by atoms with Crippen molar-refractivity contribution in [3.05, 3.63) is 0 Å². The van der Waals surface area contributed by atoms with Gasteiger partial charge in [0.1, 0.15) is 18.1 Å². The molecule has 2 aliphatic heterocycles. The van der Waals surface area contributed by atoms with E-state index in [0.29, 0.717) is 37.5 Å². The lowest BCUT2D eigenvalue weighted by Gasteiger charge is -2.24. The lowest BCUT2D eigenvalue weighted by Crippen LogP contribution is -2.56. The van der Waals surface area contributed by atoms with Gasteiger partial charge in [0.25, 0.3) is 0 Å². The number of thioether (sulfide) groups is 1. The highest BCUT2D eigenvalue weighted by molar-refractivity contribution is 8.00. The number of amides is 10. The molecule has 62 heavy (non-hydrogen) atoms. The standard InChI is InChI=1S/C37H60N10O14S/c1-19(2)13-20(14-27(49)47-61)34(57)44-23(15-31(54)55)36(59)43-22(10-11-30(52)53)35(58)41-16-28(50)40-17-29(51)42-21(33(38)56)7-5-6-12-39-26(48)9-4-3-8-25-32-24(18-62-25)45-37(60)46-32/h19-25,32,61H,3-18H2,1-2H3,(H2,38,56)(H,39,48)(H,40,50)(H,41,58)(H,42,51)(H,43,59)(H,44,57)(H,47,49)(H,52,53)(H,54,55)(H2,45,46,60)/t20?,21-,22-,23-,24-,25-,32-/m0/s1. The average molecular weight is 901 g/mol. The molecule has 2 fully saturated rings. The predicted molar refractivity (Wildman–Crippen MR) is 218 cm³/mol. The Kier molecular flexibility index (Phi) is 23.1. The van der Waals surface area contributed by atoms with Crippen LogP contribution in [0.1, 0.15) is 90.9 Å². The molecule has 10 amide bonds. The van der Waals surface area contributed by atoms with Crippen molar-refractivity contribution in [3.8, 4) is 0 Å². The summed E-state index contributed by atoms with van der Waals surface area (Å²) in [5.41, 5.74) is 6.83. The fraction of sp³-hybridized carbons (Fsp3) is 0.703. The van der Waals surface area contributed by atoms with Crippen LogP contribution in [0.25, 0.3) is 0 Å². The highest BCUT2D eigenvalue weighted by Crippen LogP contribution is 2.33. The third-order valence-electron chi connectivity index (χ3n) is 9.85. The molecule has 0 radical (unpaired) electrons. The number of hydrogen-bond donors (Lipinski definition) is 13. The largest absolute Gasteiger partial charge is 0.481 e. The maximum Gasteiger partial charge on any atom is 0.315 e. The van der Waals surface area contributed by atoms with Crippen LogP contribution in [0.2, 0.25) is 0 Å². The number of carbonyl (C=O) groups excluding carboxylic acids is 9. The van der Waals surface area contributed by atoms with Crippen LogP contribution in [0.3, 0.4) is 0 Å². The van der Waals surface area contributed by atoms with Crippen LogP contribution in [0.15, 0.2) is 0 Å². The van der Waals surface area contributed by atoms with Crippen molar-refractivity contribution in [1.82, 2.24) is 48.0 Å². The zero-order valence-electron chi connectivity index (χ0n) is 34.8. The van der Waals surface area contributed by atoms with Gasteiger partial charge in [-0.3, -0.25) is 53.2 Å². The molecule has 0 aliphatic carbocycles. The van der Waals surface area contributed by atoms with Gasteiger partial charge in [0, 0.05) is 42.7 Å². The van der Waals surface area contributed by atoms with E-state index < -0.39 is 116 Å². The van der Waals surface area contributed by atoms with Crippen LogP contribution in [0, 0.1) is 11.8 Å². The Hall–Kier alpha value is -5.72. The number of primary amides is 1. The number of aliphatic carboxylic acids is 2. The number of nitrogens with one attached hydrogen (secondary N) is 9. The Morgan fingerprint density at radius 2 is 1.40 bits per heavy atom. The van der Waals surface area contributed by atoms with E-state index in [1.54, 1.807) is 13.8 Å². The van der Waals surface area contributed by atoms with Gasteiger partial charge in [-0.25, -0.2) is 10.3 Å². The molecule has 1 unspecified atom stereocenters. The summed E-state index contributed by atoms with van der Waals surface area (Å²) < 4.78 is 0. The highest BCUT2D eigenvalue weighted by Gasteiger charge is 2.42. The number of carboxylic acid groups (broad SMARTS) is 2. The number of hydroxylamine groups is 1. The van der Waals surface area contributed by atoms with Crippen LogP contribution >= 0.6 is 11.8 Å². The molecule has 2 rings (SSSR count). The minimum absolute atomic E-state index is 0.115. The van der Waals surface area contributed by atoms with Crippen LogP contribution in [-0.4, -0.2) is 141 Å². The molecule has 7 atom stereocenters. The quantitative estimate of drug-likeness (QED) is 0.0149. The smallest absolute Gasteiger partial charge is 0.315 e. The number of carbonyl (C=O) groups is 11. The fourth-order valence-electron chi connectivity index (χ4n) is 6.73. The van der Waals surface area contributed by atoms with E-state index in [2.05, 4.69) is 42.5 Å². The number of unbranched alkanes of at least 4 members (excludes halogenated alkanes) is 2. The number of urea groups is 1. The molecular formula is C37H60N10O14S. The first-order valence-electron chi connectivity index (χ1n) is 20.3. The van der Waals surface area contributed by atoms with Gasteiger partial charge in [0.15, 0.2) is 0 Å². The van der Waals surface area contributed by atoms with Gasteiger partial charge in [-0.1, -0.05) is 20.3 Å². The third-order valence-corrected chi connectivity index (χ3v) is 11.4. The van der Waals surface area contributed by atoms with Crippen molar-refractivity contribution in [2.24, 2.45) is 17.6 Å². The minimum Gasteiger partial charge on any atom is -0.481 e. The first-order chi connectivity index (χ1) is 29.3. The molecular weight excluding hydrogens is 841 g/mol. The maximum atomic E-state index is 13.2. The number of hydrogen-bond acceptors (Lipinski definition) is 13. The summed E-state index contributed by atoms with van der Waals surface area (Å²) in [5, 5.41) is 47.7. The lowest BCUT2D eigenvalue weighted by atomic mass is 9.92. The second-order valence-electron chi connectivity index (χ2n) is 15.4. The number of rotatable bonds is 30. The van der Waals surface area contributed by atoms with Gasteiger partial charge in [0.2, 0.25) is 47.3 Å². The Labute approximate surface area is 361 Å². The molecule has 348 valence electrons. The Balaban J connectivity index is 1.78. The molecule has 24 nitrogen and oxygen atoms in total. The van der Waals surface area contributed by atoms with Crippen molar-refractivity contribution in [2.45, 2.75) is 126 Å². The fourth-order valence-corrected chi connectivity index (χ4v) is 8.27. The summed E-state index contributed by atoms with van der Waals surface area (Å²) in [6.07, 6.45) is 1.33. The summed E-state index contributed by atoms with van der Waals surface area (Å²) in [5.74, 6) is -9.89. The Morgan fingerprint density at radius 1 is 0.710 bits per heavy atom. The van der Waals surface area contributed by atoms with Crippen molar-refractivity contribution in [1.29, 1.82) is 0 Å². The number of fused-ring (bicyclic) bond motifs is 1. The van der Waals surface area contributed by atoms with E-state index in [9.17, 15) is 63.0 Å². The van der Waals surface area contributed by atoms with Gasteiger partial charge in [-0.15, -0.1) is 0 Å². The SMILES string of the molecule is CC(C)CC(CC(=O)NO)C(=O)N[C@@H](CC(=O)O)C(=O)N[C@@H](CCC(=O)O)C(=O)NCC(=O)NCC(=O)N[C@@H](CCCCNC(=O)CCCC[C@@H]1SC[C@@H]2NC(=O)N[C@@H]21)C(N)=O. The van der Waals surface area contributed by atoms with Gasteiger partial charge in [-0.05, 0) is 50.9 Å². The van der Waals surface area contributed by atoms with E-state index in [1.807, 2.05) is 11.8 Å². The highest BCUT2D eigenvalue weighted by atomic mass is 32.2. The van der Waals surface area contributed by atoms with Gasteiger partial charge >= 0.3 is 18.0 Å². The van der Waals surface area contributed by atoms with Crippen molar-refractivity contribution in [2.75, 3.05) is 25.4 Å². The first kappa shape index (κ1) is 52.4. The monoisotopic (exact) mass is 900 g/mol. The molecule has 2 aliphatic rings. The van der Waals surface area contributed by atoms with E-state index in [1.165, 1.54) is 5.48 Å². The van der Waals surface area contributed by atoms with Crippen molar-refractivity contribution in [3.63, 3.8) is 0 Å². The van der Waals surface area contributed by atoms with Crippen LogP contribution < -0.4 is 53.7 Å². The summed E-state index contributed by atoms with van der Waals surface area (Å²) in [6, 6.07) is -4.37. The number of carboxylic acids is 2. The average Bonchev–Trinajstić information content (AvgIpc) is 3.76. The van der Waals surface area contributed by atoms with Crippen molar-refractivity contribution >= 4 is 77.0 Å². The van der Waals surface area contributed by atoms with Crippen molar-refractivity contribution < 1.29 is 68.2 Å². The molecule has 0 aromatic heterocycles. The Morgan fingerprint density at radius 3 is 2.05 bits per heavy atom. The molecule has 0 bridgehead atoms. The molecule has 0 spiro atoms. The predicted octanol–water partition coefficient (Wildman–Crippen LogP) is -2.93. The normalized spacial score (nSPS) is 18.3. The van der Waals surface area contributed by atoms with Crippen LogP contribution in [0.4, 0.5) is 4.79 Å². The summed E-state index contributed by atoms with van der Waals surface area (Å²) in [4.78, 5) is 135. The van der Waals surface area contributed by atoms with E-state index >= 15 is 0 Å². The zero-order valence-corrected chi connectivity index (χ0v) is 35.6. The molecule has 2 saturated heterocycles. The molecule has 2 heterocycles. The topological polar surface area (TPSA) is 383 Å². The molecule has 0 saturated carbocycles. The number of nitrogens with two attached hydrogens (primary N) is 1. The summed E-state index contributed by atoms with van der Waals surface area (Å²) in [7, 11) is 0. The third kappa shape index (κ3) is 20.2. The second kappa shape index (κ2) is 27.3. The van der Waals surface area contributed by atoms with Crippen LogP contribution in [-0.2, 0) is 47.9 Å². The maximum absolute atomic E-state index is 13.2. The molecule has 0 aromatic rings. The minimum atomic E-state index is -1.78. The Bertz CT molecular complexity index is 1630. The molecule has 0 aromatic carbocycles. The summed E-state index contributed by atoms with van der Waals surface area (Å²) in [6.45, 7) is 2.43. The molecule has 14 N–H and O–H groups in total. The van der Waals surface area contributed by atoms with E-state index in [0.717, 1.165) is 18.6 Å².